The van der Waals surface area contributed by atoms with Crippen LogP contribution in [0.1, 0.15) is 16.2 Å². The van der Waals surface area contributed by atoms with E-state index in [-0.39, 0.29) is 11.6 Å². The molecule has 7 heteroatoms. The standard InChI is InChI=1S/C20H14BrN3O2S/c1-24-9-10-3-5-22-16-14(10)18(24)19(26)17-15(16)20(4-6-23-17)8-11(21)12(25)7-13(20)27-2/h3-9,23H,1-2H3/t20-/m1/s1. The zero-order valence-corrected chi connectivity index (χ0v) is 16.9. The van der Waals surface area contributed by atoms with E-state index >= 15 is 0 Å². The fourth-order valence-corrected chi connectivity index (χ4v) is 5.45. The van der Waals surface area contributed by atoms with Gasteiger partial charge in [0.2, 0.25) is 5.78 Å². The zero-order chi connectivity index (χ0) is 18.9. The Morgan fingerprint density at radius 2 is 2.15 bits per heavy atom. The molecule has 2 aliphatic carbocycles. The second-order valence-electron chi connectivity index (χ2n) is 6.71. The van der Waals surface area contributed by atoms with Crippen LogP contribution < -0.4 is 5.32 Å². The normalized spacial score (nSPS) is 23.5. The number of aryl methyl sites for hydroxylation is 1. The number of carbonyl (C=O) groups is 2. The van der Waals surface area contributed by atoms with Gasteiger partial charge in [0.05, 0.1) is 21.3 Å². The van der Waals surface area contributed by atoms with E-state index in [2.05, 4.69) is 26.2 Å². The van der Waals surface area contributed by atoms with E-state index in [1.165, 1.54) is 11.8 Å². The van der Waals surface area contributed by atoms with Gasteiger partial charge in [0.15, 0.2) is 5.78 Å². The summed E-state index contributed by atoms with van der Waals surface area (Å²) in [5.74, 6) is -0.138. The molecule has 5 nitrogen and oxygen atoms in total. The highest BCUT2D eigenvalue weighted by Crippen LogP contribution is 2.55. The minimum absolute atomic E-state index is 0.0615. The zero-order valence-electron chi connectivity index (χ0n) is 14.5. The Balaban J connectivity index is 1.90. The topological polar surface area (TPSA) is 64.0 Å². The molecule has 1 aliphatic heterocycles. The van der Waals surface area contributed by atoms with Gasteiger partial charge in [-0.1, -0.05) is 0 Å². The van der Waals surface area contributed by atoms with E-state index in [9.17, 15) is 9.59 Å². The summed E-state index contributed by atoms with van der Waals surface area (Å²) in [5, 5.41) is 4.99. The van der Waals surface area contributed by atoms with Crippen LogP contribution in [0.5, 0.6) is 0 Å². The van der Waals surface area contributed by atoms with E-state index in [1.807, 2.05) is 42.3 Å². The lowest BCUT2D eigenvalue weighted by molar-refractivity contribution is -0.110. The molecule has 3 heterocycles. The highest BCUT2D eigenvalue weighted by molar-refractivity contribution is 9.12. The number of pyridine rings is 1. The lowest BCUT2D eigenvalue weighted by atomic mass is 9.70. The molecular weight excluding hydrogens is 426 g/mol. The van der Waals surface area contributed by atoms with Crippen LogP contribution in [0.25, 0.3) is 16.3 Å². The van der Waals surface area contributed by atoms with Crippen LogP contribution >= 0.6 is 27.7 Å². The number of ketones is 2. The summed E-state index contributed by atoms with van der Waals surface area (Å²) in [6, 6.07) is 1.92. The summed E-state index contributed by atoms with van der Waals surface area (Å²) in [6.07, 6.45) is 13.0. The number of carbonyl (C=O) groups excluding carboxylic acids is 2. The molecule has 0 saturated heterocycles. The Bertz CT molecular complexity index is 1200. The Hall–Kier alpha value is -2.38. The third-order valence-electron chi connectivity index (χ3n) is 5.30. The Morgan fingerprint density at radius 1 is 1.33 bits per heavy atom. The van der Waals surface area contributed by atoms with Gasteiger partial charge in [-0.3, -0.25) is 14.6 Å². The van der Waals surface area contributed by atoms with Crippen LogP contribution in [0.4, 0.5) is 0 Å². The first-order valence-corrected chi connectivity index (χ1v) is 10.4. The average molecular weight is 440 g/mol. The molecule has 0 radical (unpaired) electrons. The molecule has 134 valence electrons. The molecule has 5 rings (SSSR count). The van der Waals surface area contributed by atoms with E-state index in [4.69, 9.17) is 0 Å². The van der Waals surface area contributed by atoms with Crippen LogP contribution in [0, 0.1) is 5.41 Å². The number of hydrogen-bond acceptors (Lipinski definition) is 5. The number of nitrogens with zero attached hydrogens (tertiary/aromatic N) is 2. The summed E-state index contributed by atoms with van der Waals surface area (Å²) in [4.78, 5) is 31.2. The summed E-state index contributed by atoms with van der Waals surface area (Å²) in [7, 11) is 1.87. The van der Waals surface area contributed by atoms with Crippen molar-refractivity contribution < 1.29 is 9.59 Å². The molecule has 3 aliphatic rings. The smallest absolute Gasteiger partial charge is 0.226 e. The summed E-state index contributed by atoms with van der Waals surface area (Å²) in [5.41, 5.74) is 2.01. The van der Waals surface area contributed by atoms with E-state index in [0.29, 0.717) is 15.9 Å². The maximum absolute atomic E-state index is 13.4. The number of thioether (sulfide) groups is 1. The van der Waals surface area contributed by atoms with Crippen LogP contribution in [0.2, 0.25) is 0 Å². The number of hydrogen-bond donors (Lipinski definition) is 1. The van der Waals surface area contributed by atoms with Gasteiger partial charge in [0, 0.05) is 40.7 Å². The number of nitrogens with one attached hydrogen (secondary N) is 1. The molecule has 2 aromatic heterocycles. The summed E-state index contributed by atoms with van der Waals surface area (Å²) in [6.45, 7) is 0. The van der Waals surface area contributed by atoms with Crippen molar-refractivity contribution in [1.29, 1.82) is 0 Å². The number of aromatic nitrogens is 2. The predicted octanol–water partition coefficient (Wildman–Crippen LogP) is 3.69. The molecular formula is C20H14BrN3O2S. The molecule has 2 aromatic rings. The van der Waals surface area contributed by atoms with E-state index in [1.54, 1.807) is 18.5 Å². The van der Waals surface area contributed by atoms with Crippen LogP contribution in [0.15, 0.2) is 58.0 Å². The number of fused-ring (bicyclic) bond motifs is 2. The molecule has 0 unspecified atom stereocenters. The van der Waals surface area contributed by atoms with Gasteiger partial charge in [0.25, 0.3) is 0 Å². The van der Waals surface area contributed by atoms with Gasteiger partial charge in [-0.25, -0.2) is 0 Å². The first-order chi connectivity index (χ1) is 13.0. The van der Waals surface area contributed by atoms with Crippen molar-refractivity contribution in [3.05, 3.63) is 69.4 Å². The van der Waals surface area contributed by atoms with Crippen LogP contribution in [-0.4, -0.2) is 27.4 Å². The number of Topliss-reactive ketones (excluding diaryl/α,β-unsaturated/α-hetero) is 1. The SMILES string of the molecule is CSC1=CC(=O)C(Br)=C[C@]12C=CNC1=C2c2nccc3cn(C)c(c23)C1=O. The quantitative estimate of drug-likeness (QED) is 0.733. The second kappa shape index (κ2) is 5.56. The maximum atomic E-state index is 13.4. The first kappa shape index (κ1) is 16.8. The number of halogens is 1. The molecule has 0 aromatic carbocycles. The molecule has 27 heavy (non-hydrogen) atoms. The average Bonchev–Trinajstić information content (AvgIpc) is 2.99. The summed E-state index contributed by atoms with van der Waals surface area (Å²) >= 11 is 4.90. The molecule has 0 saturated carbocycles. The van der Waals surface area contributed by atoms with Crippen molar-refractivity contribution >= 4 is 55.6 Å². The number of dihydropyridines is 1. The van der Waals surface area contributed by atoms with Gasteiger partial charge < -0.3 is 9.88 Å². The monoisotopic (exact) mass is 439 g/mol. The van der Waals surface area contributed by atoms with Crippen molar-refractivity contribution in [2.24, 2.45) is 12.5 Å². The molecule has 1 atom stereocenters. The molecule has 0 amide bonds. The van der Waals surface area contributed by atoms with Gasteiger partial charge in [-0.05, 0) is 52.7 Å². The van der Waals surface area contributed by atoms with Gasteiger partial charge in [-0.2, -0.15) is 0 Å². The van der Waals surface area contributed by atoms with Crippen molar-refractivity contribution in [3.63, 3.8) is 0 Å². The van der Waals surface area contributed by atoms with Crippen molar-refractivity contribution in [3.8, 4) is 0 Å². The largest absolute Gasteiger partial charge is 0.358 e. The van der Waals surface area contributed by atoms with Gasteiger partial charge in [0.1, 0.15) is 5.69 Å². The first-order valence-electron chi connectivity index (χ1n) is 8.35. The number of rotatable bonds is 1. The minimum Gasteiger partial charge on any atom is -0.358 e. The third kappa shape index (κ3) is 2.04. The fraction of sp³-hybridized carbons (Fsp3) is 0.150. The molecule has 0 fully saturated rings. The lowest BCUT2D eigenvalue weighted by Crippen LogP contribution is -2.35. The molecule has 1 N–H and O–H groups in total. The molecule has 0 bridgehead atoms. The highest BCUT2D eigenvalue weighted by Gasteiger charge is 2.46. The Morgan fingerprint density at radius 3 is 2.93 bits per heavy atom. The number of allylic oxidation sites excluding steroid dienone is 7. The minimum atomic E-state index is -0.711. The Kier molecular flexibility index (Phi) is 3.45. The van der Waals surface area contributed by atoms with Crippen LogP contribution in [-0.2, 0) is 11.8 Å². The fourth-order valence-electron chi connectivity index (χ4n) is 4.18. The molecule has 1 spiro atoms. The van der Waals surface area contributed by atoms with Crippen molar-refractivity contribution in [1.82, 2.24) is 14.9 Å². The predicted molar refractivity (Wildman–Crippen MR) is 110 cm³/mol. The van der Waals surface area contributed by atoms with Crippen LogP contribution in [0.3, 0.4) is 0 Å². The van der Waals surface area contributed by atoms with Gasteiger partial charge >= 0.3 is 0 Å². The van der Waals surface area contributed by atoms with Crippen molar-refractivity contribution in [2.45, 2.75) is 0 Å². The van der Waals surface area contributed by atoms with E-state index < -0.39 is 5.41 Å². The summed E-state index contributed by atoms with van der Waals surface area (Å²) < 4.78 is 2.34. The highest BCUT2D eigenvalue weighted by atomic mass is 79.9. The third-order valence-corrected chi connectivity index (χ3v) is 6.82. The van der Waals surface area contributed by atoms with Gasteiger partial charge in [-0.15, -0.1) is 11.8 Å². The Labute approximate surface area is 168 Å². The second-order valence-corrected chi connectivity index (χ2v) is 8.41. The maximum Gasteiger partial charge on any atom is 0.226 e. The van der Waals surface area contributed by atoms with E-state index in [0.717, 1.165) is 26.9 Å². The van der Waals surface area contributed by atoms with Crippen molar-refractivity contribution in [2.75, 3.05) is 6.26 Å². The lowest BCUT2D eigenvalue weighted by Gasteiger charge is -2.39.